The Hall–Kier alpha value is 1.88. The summed E-state index contributed by atoms with van der Waals surface area (Å²) in [6.07, 6.45) is 1.26. The van der Waals surface area contributed by atoms with Gasteiger partial charge in [0.25, 0.3) is 0 Å². The Kier molecular flexibility index (Phi) is 330. The molecule has 0 rings (SSSR count). The van der Waals surface area contributed by atoms with E-state index in [0.29, 0.717) is 0 Å². The second kappa shape index (κ2) is 126. The number of hydrogen-bond acceptors (Lipinski definition) is 10. The summed E-state index contributed by atoms with van der Waals surface area (Å²) in [7, 11) is 7.32. The van der Waals surface area contributed by atoms with E-state index in [9.17, 15) is 0 Å². The molecule has 10 nitrogen and oxygen atoms in total. The molecular weight excluding hydrogens is 1170 g/mol. The minimum absolute atomic E-state index is 0. The monoisotopic (exact) mass is 1370 g/mol. The zero-order valence-corrected chi connectivity index (χ0v) is 57.3. The first-order chi connectivity index (χ1) is 25.6. The Bertz CT molecular complexity index is 717. The van der Waals surface area contributed by atoms with E-state index in [1.165, 1.54) is 12.5 Å². The van der Waals surface area contributed by atoms with Gasteiger partial charge in [0.15, 0.2) is 51.4 Å². The van der Waals surface area contributed by atoms with Crippen LogP contribution in [-0.2, 0) is 62.8 Å². The van der Waals surface area contributed by atoms with Crippen molar-refractivity contribution in [3.05, 3.63) is 19.2 Å². The van der Waals surface area contributed by atoms with Crippen molar-refractivity contribution in [2.75, 3.05) is 71.1 Å². The predicted octanol–water partition coefficient (Wildman–Crippen LogP) is 25.5. The Morgan fingerprint density at radius 3 is 0.456 bits per heavy atom. The maximum absolute atomic E-state index is 5.32. The summed E-state index contributed by atoms with van der Waals surface area (Å²) in [4.78, 5) is 0. The van der Waals surface area contributed by atoms with Gasteiger partial charge in [0.1, 0.15) is 0 Å². The number of hydrogen-bond donors (Lipinski definition) is 0. The van der Waals surface area contributed by atoms with Crippen LogP contribution in [0.1, 0.15) is 169 Å². The Morgan fingerprint density at radius 2 is 0.443 bits per heavy atom. The van der Waals surface area contributed by atoms with E-state index in [2.05, 4.69) is 144 Å². The van der Waals surface area contributed by atoms with Gasteiger partial charge in [-0.25, -0.2) is 0 Å². The molecule has 0 atom stereocenters. The van der Waals surface area contributed by atoms with Crippen molar-refractivity contribution in [3.63, 3.8) is 0 Å². The molecule has 0 aromatic rings. The summed E-state index contributed by atoms with van der Waals surface area (Å²) in [5, 5.41) is 0. The van der Waals surface area contributed by atoms with E-state index in [-0.39, 0.29) is 167 Å². The second-order valence-electron chi connectivity index (χ2n) is 18.4. The molecule has 79 heavy (non-hydrogen) atoms. The van der Waals surface area contributed by atoms with Gasteiger partial charge in [-0.3, -0.25) is 0 Å². The standard InChI is InChI=1S/C6H16OSi.C5H12Si.2C4H12O2Si.3C4H12OSi.2C3H10OSi.C2H5.20CH4.V/c1-5-6-8(3,4)7-2;1-5-6(2,3)4;2*1-5-7(3,4)6-2;3*1-5-6(2,3)4;2*1-4-5(2)3;1-2;;;;;;;;;;;;;;;;;;;;;/h5-6H2,1-4H3;5H,1H2,2-4H3;2*1-4H3;3*1-4H3;2*5H,1-3H3;1H2,2H3;20*1H4;/q;;;;;;;;;-1;;;;;;;;;;;;;;;;;;;;;. The molecule has 0 saturated carbocycles. The van der Waals surface area contributed by atoms with E-state index in [1.807, 2.05) is 33.3 Å². The average Bonchev–Trinajstić information content (AvgIpc) is 3.13. The van der Waals surface area contributed by atoms with Crippen molar-refractivity contribution in [2.45, 2.75) is 319 Å². The van der Waals surface area contributed by atoms with Crippen LogP contribution in [0.2, 0.25) is 150 Å². The summed E-state index contributed by atoms with van der Waals surface area (Å²) in [5.74, 6) is 0. The van der Waals surface area contributed by atoms with Gasteiger partial charge in [-0.1, -0.05) is 182 Å². The van der Waals surface area contributed by atoms with Crippen LogP contribution < -0.4 is 0 Å². The summed E-state index contributed by atoms with van der Waals surface area (Å²) < 4.78 is 50.3. The third-order valence-electron chi connectivity index (χ3n) is 6.76. The van der Waals surface area contributed by atoms with Gasteiger partial charge in [-0.05, 0) is 130 Å². The fraction of sp³-hybridized carbons (Fsp3) is 0.949. The first kappa shape index (κ1) is 207. The van der Waals surface area contributed by atoms with Gasteiger partial charge in [0.05, 0.1) is 8.07 Å². The molecule has 0 aliphatic rings. The fourth-order valence-electron chi connectivity index (χ4n) is 0.871. The Balaban J connectivity index is -0.0000000109. The third kappa shape index (κ3) is 356. The summed E-state index contributed by atoms with van der Waals surface area (Å²) in [5.41, 5.74) is 2.08. The Morgan fingerprint density at radius 1 is 0.329 bits per heavy atom. The van der Waals surface area contributed by atoms with Crippen molar-refractivity contribution in [1.29, 1.82) is 0 Å². The molecule has 0 unspecified atom stereocenters. The van der Waals surface area contributed by atoms with Crippen LogP contribution in [0.3, 0.4) is 0 Å². The molecule has 0 fully saturated rings. The molecule has 0 spiro atoms. The molecule has 0 aliphatic heterocycles. The third-order valence-corrected chi connectivity index (χ3v) is 20.3. The van der Waals surface area contributed by atoms with Crippen LogP contribution in [0.15, 0.2) is 12.3 Å². The molecule has 531 valence electrons. The minimum atomic E-state index is -1.65. The summed E-state index contributed by atoms with van der Waals surface area (Å²) >= 11 is 0. The van der Waals surface area contributed by atoms with Crippen molar-refractivity contribution < 1.29 is 62.8 Å². The molecule has 0 aromatic carbocycles. The van der Waals surface area contributed by atoms with Crippen LogP contribution in [0.25, 0.3) is 0 Å². The van der Waals surface area contributed by atoms with Crippen LogP contribution in [-0.4, -0.2) is 148 Å². The zero-order chi connectivity index (χ0) is 49.8. The number of rotatable bonds is 13. The van der Waals surface area contributed by atoms with Gasteiger partial charge in [0, 0.05) is 89.7 Å². The largest absolute Gasteiger partial charge is 0.424 e. The summed E-state index contributed by atoms with van der Waals surface area (Å²) in [6, 6.07) is 1.28. The first-order valence-corrected chi connectivity index (χ1v) is 48.6. The predicted molar refractivity (Wildman–Crippen MR) is 425 cm³/mol. The van der Waals surface area contributed by atoms with E-state index in [1.54, 1.807) is 70.9 Å². The van der Waals surface area contributed by atoms with E-state index >= 15 is 0 Å². The SMILES string of the molecule is C.C.C.C.C.C.C.C.C.C.C.C.C.C.C.C.C.C.C.C.C=C[Si](C)(C)C.CCC[Si](C)(C)OC.CO[SiH](C)C.CO[SiH](C)C.CO[Si](C)(C)C.CO[Si](C)(C)C.CO[Si](C)(C)C.CO[Si](C)(C)OC.CO[Si](C)(C)OC.[CH2-]C.[V]. The summed E-state index contributed by atoms with van der Waals surface area (Å²) in [6.45, 7) is 58.1. The van der Waals surface area contributed by atoms with Crippen molar-refractivity contribution >= 4 is 76.5 Å². The smallest absolute Gasteiger partial charge is 0.331 e. The van der Waals surface area contributed by atoms with Crippen molar-refractivity contribution in [1.82, 2.24) is 0 Å². The van der Waals surface area contributed by atoms with E-state index in [0.717, 1.165) is 0 Å². The van der Waals surface area contributed by atoms with E-state index < -0.39 is 76.5 Å². The van der Waals surface area contributed by atoms with Crippen LogP contribution in [0, 0.1) is 6.92 Å². The maximum atomic E-state index is 5.32. The molecule has 1 radical (unpaired) electrons. The minimum Gasteiger partial charge on any atom is -0.424 e. The van der Waals surface area contributed by atoms with Gasteiger partial charge in [-0.2, -0.15) is 6.92 Å². The maximum Gasteiger partial charge on any atom is 0.331 e. The fourth-order valence-corrected chi connectivity index (χ4v) is 2.61. The molecule has 0 bridgehead atoms. The zero-order valence-electron chi connectivity index (χ0n) is 46.6. The molecule has 0 aromatic heterocycles. The quantitative estimate of drug-likeness (QED) is 0.131. The second-order valence-corrected chi connectivity index (χ2v) is 54.3. The van der Waals surface area contributed by atoms with Crippen LogP contribution >= 0.6 is 0 Å². The van der Waals surface area contributed by atoms with Gasteiger partial charge < -0.3 is 51.2 Å². The molecule has 0 N–H and O–H groups in total. The van der Waals surface area contributed by atoms with Gasteiger partial charge >= 0.3 is 17.1 Å². The van der Waals surface area contributed by atoms with Gasteiger partial charge in [-0.15, -0.1) is 12.3 Å². The first-order valence-electron chi connectivity index (χ1n) is 20.5. The normalized spacial score (nSPS) is 8.22. The molecule has 0 saturated heterocycles. The van der Waals surface area contributed by atoms with Crippen molar-refractivity contribution in [3.8, 4) is 0 Å². The topological polar surface area (TPSA) is 92.3 Å². The molecule has 0 aliphatic carbocycles. The van der Waals surface area contributed by atoms with E-state index in [4.69, 9.17) is 44.3 Å². The Labute approximate surface area is 544 Å². The van der Waals surface area contributed by atoms with Gasteiger partial charge in [0.2, 0.25) is 0 Å². The van der Waals surface area contributed by atoms with Crippen molar-refractivity contribution in [2.24, 2.45) is 0 Å². The molecular formula is C59H193O10Si9V-. The molecule has 0 amide bonds. The van der Waals surface area contributed by atoms with Crippen LogP contribution in [0.4, 0.5) is 0 Å². The molecule has 20 heteroatoms. The van der Waals surface area contributed by atoms with Crippen LogP contribution in [0.5, 0.6) is 0 Å². The average molecular weight is 1370 g/mol. The molecule has 0 heterocycles.